The van der Waals surface area contributed by atoms with Crippen LogP contribution in [0.1, 0.15) is 60.4 Å². The number of hydrogen-bond acceptors (Lipinski definition) is 5. The number of carbonyl (C=O) groups excluding carboxylic acids is 1. The summed E-state index contributed by atoms with van der Waals surface area (Å²) in [6, 6.07) is 5.57. The highest BCUT2D eigenvalue weighted by Gasteiger charge is 2.26. The molecule has 8 heteroatoms. The molecule has 0 saturated carbocycles. The van der Waals surface area contributed by atoms with Gasteiger partial charge in [0, 0.05) is 37.9 Å². The molecule has 1 fully saturated rings. The molecule has 0 aliphatic carbocycles. The smallest absolute Gasteiger partial charge is 0.318 e. The minimum atomic E-state index is -0.481. The van der Waals surface area contributed by atoms with E-state index < -0.39 is 11.9 Å². The molecular weight excluding hydrogens is 409 g/mol. The standard InChI is InChI=1S/C24H28FN5O2/c1-2-21(19-4-3-17(13-26)11-20(19)25)29-24(31)30-8-5-18-14-27-23(28-22(18)15-30)12-16-6-9-32-10-7-16/h3-4,11,14,16,21H,2,5-10,12,15H2,1H3,(H,29,31)/t21-/m1/s1. The zero-order valence-electron chi connectivity index (χ0n) is 18.3. The van der Waals surface area contributed by atoms with E-state index in [0.29, 0.717) is 37.4 Å². The number of halogens is 1. The number of urea groups is 1. The lowest BCUT2D eigenvalue weighted by molar-refractivity contribution is 0.0659. The van der Waals surface area contributed by atoms with Crippen molar-refractivity contribution >= 4 is 6.03 Å². The number of hydrogen-bond donors (Lipinski definition) is 1. The zero-order chi connectivity index (χ0) is 22.5. The zero-order valence-corrected chi connectivity index (χ0v) is 18.3. The highest BCUT2D eigenvalue weighted by Crippen LogP contribution is 2.24. The number of aromatic nitrogens is 2. The molecule has 2 amide bonds. The van der Waals surface area contributed by atoms with Crippen molar-refractivity contribution in [2.75, 3.05) is 19.8 Å². The van der Waals surface area contributed by atoms with Gasteiger partial charge in [-0.15, -0.1) is 0 Å². The van der Waals surface area contributed by atoms with Crippen molar-refractivity contribution in [1.82, 2.24) is 20.2 Å². The molecule has 4 rings (SSSR count). The molecule has 1 N–H and O–H groups in total. The maximum Gasteiger partial charge on any atom is 0.318 e. The number of amides is 2. The average Bonchev–Trinajstić information content (AvgIpc) is 2.82. The summed E-state index contributed by atoms with van der Waals surface area (Å²) >= 11 is 0. The molecule has 1 aromatic carbocycles. The summed E-state index contributed by atoms with van der Waals surface area (Å²) in [5.41, 5.74) is 2.62. The van der Waals surface area contributed by atoms with E-state index in [0.717, 1.165) is 49.6 Å². The topological polar surface area (TPSA) is 91.1 Å². The first kappa shape index (κ1) is 22.2. The van der Waals surface area contributed by atoms with Crippen LogP contribution in [0.3, 0.4) is 0 Å². The molecule has 1 saturated heterocycles. The molecule has 2 aliphatic heterocycles. The van der Waals surface area contributed by atoms with Gasteiger partial charge in [0.25, 0.3) is 0 Å². The fourth-order valence-corrected chi connectivity index (χ4v) is 4.34. The van der Waals surface area contributed by atoms with Crippen molar-refractivity contribution < 1.29 is 13.9 Å². The predicted molar refractivity (Wildman–Crippen MR) is 116 cm³/mol. The maximum atomic E-state index is 14.5. The molecule has 2 aliphatic rings. The second kappa shape index (κ2) is 10.0. The van der Waals surface area contributed by atoms with Crippen LogP contribution in [0, 0.1) is 23.1 Å². The predicted octanol–water partition coefficient (Wildman–Crippen LogP) is 3.68. The lowest BCUT2D eigenvalue weighted by Crippen LogP contribution is -2.44. The van der Waals surface area contributed by atoms with Gasteiger partial charge in [-0.1, -0.05) is 13.0 Å². The molecular formula is C24H28FN5O2. The molecule has 0 bridgehead atoms. The Labute approximate surface area is 187 Å². The van der Waals surface area contributed by atoms with Crippen LogP contribution in [-0.4, -0.2) is 40.7 Å². The Morgan fingerprint density at radius 1 is 1.41 bits per heavy atom. The van der Waals surface area contributed by atoms with Crippen LogP contribution in [0.5, 0.6) is 0 Å². The number of nitrogens with one attached hydrogen (secondary N) is 1. The van der Waals surface area contributed by atoms with Crippen LogP contribution in [0.25, 0.3) is 0 Å². The first-order valence-corrected chi connectivity index (χ1v) is 11.2. The number of rotatable bonds is 5. The molecule has 32 heavy (non-hydrogen) atoms. The van der Waals surface area contributed by atoms with Gasteiger partial charge in [-0.2, -0.15) is 5.26 Å². The second-order valence-electron chi connectivity index (χ2n) is 8.45. The van der Waals surface area contributed by atoms with E-state index in [4.69, 9.17) is 15.0 Å². The maximum absolute atomic E-state index is 14.5. The van der Waals surface area contributed by atoms with Crippen LogP contribution in [0.4, 0.5) is 9.18 Å². The molecule has 1 atom stereocenters. The summed E-state index contributed by atoms with van der Waals surface area (Å²) in [4.78, 5) is 24.0. The van der Waals surface area contributed by atoms with E-state index in [2.05, 4.69) is 10.3 Å². The van der Waals surface area contributed by atoms with Crippen molar-refractivity contribution in [3.05, 3.63) is 58.4 Å². The molecule has 7 nitrogen and oxygen atoms in total. The average molecular weight is 438 g/mol. The van der Waals surface area contributed by atoms with Gasteiger partial charge in [-0.05, 0) is 49.3 Å². The van der Waals surface area contributed by atoms with Gasteiger partial charge < -0.3 is 15.0 Å². The fourth-order valence-electron chi connectivity index (χ4n) is 4.34. The highest BCUT2D eigenvalue weighted by molar-refractivity contribution is 5.75. The van der Waals surface area contributed by atoms with Crippen LogP contribution in [0.2, 0.25) is 0 Å². The van der Waals surface area contributed by atoms with Gasteiger partial charge in [0.1, 0.15) is 11.6 Å². The van der Waals surface area contributed by atoms with Crippen molar-refractivity contribution in [1.29, 1.82) is 5.26 Å². The van der Waals surface area contributed by atoms with Crippen molar-refractivity contribution in [2.45, 2.75) is 51.6 Å². The lowest BCUT2D eigenvalue weighted by Gasteiger charge is -2.30. The highest BCUT2D eigenvalue weighted by atomic mass is 19.1. The molecule has 168 valence electrons. The fraction of sp³-hybridized carbons (Fsp3) is 0.500. The minimum Gasteiger partial charge on any atom is -0.381 e. The Morgan fingerprint density at radius 2 is 2.22 bits per heavy atom. The van der Waals surface area contributed by atoms with Crippen LogP contribution >= 0.6 is 0 Å². The van der Waals surface area contributed by atoms with E-state index >= 15 is 0 Å². The van der Waals surface area contributed by atoms with Gasteiger partial charge in [0.2, 0.25) is 0 Å². The SMILES string of the molecule is CC[C@@H](NC(=O)N1CCc2cnc(CC3CCOCC3)nc2C1)c1ccc(C#N)cc1F. The number of carbonyl (C=O) groups is 1. The van der Waals surface area contributed by atoms with E-state index in [1.807, 2.05) is 19.2 Å². The summed E-state index contributed by atoms with van der Waals surface area (Å²) in [5.74, 6) is 0.882. The largest absolute Gasteiger partial charge is 0.381 e. The number of fused-ring (bicyclic) bond motifs is 1. The molecule has 1 aromatic heterocycles. The Bertz CT molecular complexity index is 1020. The normalized spacial score (nSPS) is 17.3. The minimum absolute atomic E-state index is 0.240. The molecule has 2 aromatic rings. The van der Waals surface area contributed by atoms with Crippen molar-refractivity contribution in [3.63, 3.8) is 0 Å². The van der Waals surface area contributed by atoms with E-state index in [1.165, 1.54) is 6.07 Å². The Kier molecular flexibility index (Phi) is 6.96. The van der Waals surface area contributed by atoms with E-state index in [9.17, 15) is 9.18 Å². The summed E-state index contributed by atoms with van der Waals surface area (Å²) < 4.78 is 19.9. The van der Waals surface area contributed by atoms with Crippen LogP contribution < -0.4 is 5.32 Å². The van der Waals surface area contributed by atoms with Gasteiger partial charge in [0.05, 0.1) is 29.9 Å². The lowest BCUT2D eigenvalue weighted by atomic mass is 9.96. The molecule has 3 heterocycles. The Morgan fingerprint density at radius 3 is 2.94 bits per heavy atom. The first-order valence-electron chi connectivity index (χ1n) is 11.2. The number of nitrogens with zero attached hydrogens (tertiary/aromatic N) is 4. The Hall–Kier alpha value is -3.05. The first-order chi connectivity index (χ1) is 15.6. The summed E-state index contributed by atoms with van der Waals surface area (Å²) in [6.07, 6.45) is 6.02. The van der Waals surface area contributed by atoms with E-state index in [-0.39, 0.29) is 11.6 Å². The van der Waals surface area contributed by atoms with E-state index in [1.54, 1.807) is 17.0 Å². The molecule has 0 radical (unpaired) electrons. The molecule has 0 spiro atoms. The Balaban J connectivity index is 1.42. The monoisotopic (exact) mass is 437 g/mol. The summed E-state index contributed by atoms with van der Waals surface area (Å²) in [5, 5.41) is 11.9. The quantitative estimate of drug-likeness (QED) is 0.771. The van der Waals surface area contributed by atoms with Crippen LogP contribution in [0.15, 0.2) is 24.4 Å². The second-order valence-corrected chi connectivity index (χ2v) is 8.45. The van der Waals surface area contributed by atoms with Gasteiger partial charge in [-0.25, -0.2) is 19.2 Å². The van der Waals surface area contributed by atoms with Crippen molar-refractivity contribution in [2.24, 2.45) is 5.92 Å². The summed E-state index contributed by atoms with van der Waals surface area (Å²) in [7, 11) is 0. The van der Waals surface area contributed by atoms with Crippen molar-refractivity contribution in [3.8, 4) is 6.07 Å². The van der Waals surface area contributed by atoms with Crippen LogP contribution in [-0.2, 0) is 24.1 Å². The third-order valence-corrected chi connectivity index (χ3v) is 6.31. The van der Waals surface area contributed by atoms with Gasteiger partial charge in [0.15, 0.2) is 0 Å². The third kappa shape index (κ3) is 5.05. The number of ether oxygens (including phenoxy) is 1. The van der Waals surface area contributed by atoms with Gasteiger partial charge >= 0.3 is 6.03 Å². The van der Waals surface area contributed by atoms with Gasteiger partial charge in [-0.3, -0.25) is 0 Å². The summed E-state index contributed by atoms with van der Waals surface area (Å²) in [6.45, 7) is 4.46. The molecule has 0 unspecified atom stereocenters. The number of nitriles is 1. The number of benzene rings is 1. The third-order valence-electron chi connectivity index (χ3n) is 6.31.